The molecule has 0 bridgehead atoms. The molecule has 0 aromatic rings. The maximum Gasteiger partial charge on any atom is 0.0558 e. The lowest BCUT2D eigenvalue weighted by atomic mass is 9.64. The number of hydrogen-bond acceptors (Lipinski definition) is 5. The quantitative estimate of drug-likeness (QED) is 0.667. The SMILES string of the molecule is COCCCN1CCC2(CCN(CCO)CC2)[C@@H](CO)C1. The van der Waals surface area contributed by atoms with Gasteiger partial charge in [-0.1, -0.05) is 0 Å². The summed E-state index contributed by atoms with van der Waals surface area (Å²) in [6.07, 6.45) is 4.62. The van der Waals surface area contributed by atoms with Gasteiger partial charge in [-0.3, -0.25) is 0 Å². The molecule has 0 saturated carbocycles. The second kappa shape index (κ2) is 8.44. The molecule has 5 heteroatoms. The first-order valence-electron chi connectivity index (χ1n) is 8.39. The molecule has 2 fully saturated rings. The molecule has 1 spiro atoms. The van der Waals surface area contributed by atoms with Crippen LogP contribution in [0.5, 0.6) is 0 Å². The summed E-state index contributed by atoms with van der Waals surface area (Å²) in [6.45, 7) is 7.58. The Bertz CT molecular complexity index is 293. The average Bonchev–Trinajstić information content (AvgIpc) is 2.52. The Hall–Kier alpha value is -0.200. The van der Waals surface area contributed by atoms with Crippen molar-refractivity contribution in [2.24, 2.45) is 11.3 Å². The molecule has 0 aliphatic carbocycles. The molecular formula is C16H32N2O3. The highest BCUT2D eigenvalue weighted by molar-refractivity contribution is 4.96. The Morgan fingerprint density at radius 1 is 1.05 bits per heavy atom. The van der Waals surface area contributed by atoms with E-state index < -0.39 is 0 Å². The lowest BCUT2D eigenvalue weighted by Gasteiger charge is -2.51. The summed E-state index contributed by atoms with van der Waals surface area (Å²) in [5.41, 5.74) is 0.332. The first kappa shape index (κ1) is 17.2. The summed E-state index contributed by atoms with van der Waals surface area (Å²) in [7, 11) is 1.75. The van der Waals surface area contributed by atoms with Crippen molar-refractivity contribution in [2.45, 2.75) is 25.7 Å². The maximum absolute atomic E-state index is 9.86. The number of rotatable bonds is 7. The van der Waals surface area contributed by atoms with Crippen LogP contribution in [0, 0.1) is 11.3 Å². The van der Waals surface area contributed by atoms with Crippen LogP contribution in [0.3, 0.4) is 0 Å². The highest BCUT2D eigenvalue weighted by atomic mass is 16.5. The molecule has 1 atom stereocenters. The lowest BCUT2D eigenvalue weighted by Crippen LogP contribution is -2.53. The summed E-state index contributed by atoms with van der Waals surface area (Å²) >= 11 is 0. The molecule has 2 rings (SSSR count). The zero-order valence-electron chi connectivity index (χ0n) is 13.5. The van der Waals surface area contributed by atoms with Gasteiger partial charge in [0.15, 0.2) is 0 Å². The number of methoxy groups -OCH3 is 1. The van der Waals surface area contributed by atoms with Crippen molar-refractivity contribution in [1.82, 2.24) is 9.80 Å². The fourth-order valence-corrected chi connectivity index (χ4v) is 4.09. The monoisotopic (exact) mass is 300 g/mol. The zero-order chi connectivity index (χ0) is 15.1. The maximum atomic E-state index is 9.86. The van der Waals surface area contributed by atoms with Crippen LogP contribution in [0.15, 0.2) is 0 Å². The Labute approximate surface area is 128 Å². The third kappa shape index (κ3) is 4.39. The molecule has 0 amide bonds. The van der Waals surface area contributed by atoms with E-state index in [1.54, 1.807) is 7.11 Å². The molecule has 2 heterocycles. The number of piperidine rings is 2. The first-order chi connectivity index (χ1) is 10.2. The second-order valence-corrected chi connectivity index (χ2v) is 6.70. The standard InChI is InChI=1S/C16H32N2O3/c1-21-12-2-6-18-9-5-16(15(13-18)14-20)3-7-17(8-4-16)10-11-19/h15,19-20H,2-14H2,1H3/t15-/m1/s1. The number of aliphatic hydroxyl groups excluding tert-OH is 2. The fourth-order valence-electron chi connectivity index (χ4n) is 4.09. The van der Waals surface area contributed by atoms with Crippen molar-refractivity contribution in [3.05, 3.63) is 0 Å². The minimum absolute atomic E-state index is 0.254. The predicted molar refractivity (Wildman–Crippen MR) is 83.3 cm³/mol. The number of ether oxygens (including phenoxy) is 1. The average molecular weight is 300 g/mol. The molecule has 2 aliphatic rings. The van der Waals surface area contributed by atoms with Crippen LogP contribution >= 0.6 is 0 Å². The lowest BCUT2D eigenvalue weighted by molar-refractivity contribution is -0.0442. The summed E-state index contributed by atoms with van der Waals surface area (Å²) in [5.74, 6) is 0.407. The summed E-state index contributed by atoms with van der Waals surface area (Å²) in [4.78, 5) is 4.84. The van der Waals surface area contributed by atoms with Crippen LogP contribution in [0.2, 0.25) is 0 Å². The molecule has 21 heavy (non-hydrogen) atoms. The van der Waals surface area contributed by atoms with E-state index in [0.29, 0.717) is 17.9 Å². The third-order valence-corrected chi connectivity index (χ3v) is 5.58. The summed E-state index contributed by atoms with van der Waals surface area (Å²) < 4.78 is 5.13. The van der Waals surface area contributed by atoms with Gasteiger partial charge in [0.05, 0.1) is 6.61 Å². The van der Waals surface area contributed by atoms with Crippen molar-refractivity contribution >= 4 is 0 Å². The van der Waals surface area contributed by atoms with Gasteiger partial charge in [-0.25, -0.2) is 0 Å². The molecule has 0 radical (unpaired) electrons. The van der Waals surface area contributed by atoms with Crippen LogP contribution in [0.1, 0.15) is 25.7 Å². The third-order valence-electron chi connectivity index (χ3n) is 5.58. The van der Waals surface area contributed by atoms with E-state index in [-0.39, 0.29) is 6.61 Å². The predicted octanol–water partition coefficient (Wildman–Crippen LogP) is 0.412. The van der Waals surface area contributed by atoms with Crippen LogP contribution in [0.25, 0.3) is 0 Å². The van der Waals surface area contributed by atoms with E-state index >= 15 is 0 Å². The van der Waals surface area contributed by atoms with Gasteiger partial charge in [0.25, 0.3) is 0 Å². The van der Waals surface area contributed by atoms with Crippen molar-refractivity contribution in [2.75, 3.05) is 66.2 Å². The molecule has 2 aliphatic heterocycles. The molecule has 0 aromatic carbocycles. The largest absolute Gasteiger partial charge is 0.396 e. The van der Waals surface area contributed by atoms with E-state index in [2.05, 4.69) is 9.80 Å². The Kier molecular flexibility index (Phi) is 6.89. The van der Waals surface area contributed by atoms with Crippen molar-refractivity contribution in [3.63, 3.8) is 0 Å². The van der Waals surface area contributed by atoms with Gasteiger partial charge in [0.1, 0.15) is 0 Å². The Morgan fingerprint density at radius 3 is 2.29 bits per heavy atom. The molecule has 0 unspecified atom stereocenters. The highest BCUT2D eigenvalue weighted by Gasteiger charge is 2.44. The minimum Gasteiger partial charge on any atom is -0.396 e. The van der Waals surface area contributed by atoms with Gasteiger partial charge >= 0.3 is 0 Å². The fraction of sp³-hybridized carbons (Fsp3) is 1.00. The highest BCUT2D eigenvalue weighted by Crippen LogP contribution is 2.45. The van der Waals surface area contributed by atoms with E-state index in [0.717, 1.165) is 52.3 Å². The molecule has 2 saturated heterocycles. The van der Waals surface area contributed by atoms with Crippen LogP contribution < -0.4 is 0 Å². The first-order valence-corrected chi connectivity index (χ1v) is 8.39. The molecule has 124 valence electrons. The smallest absolute Gasteiger partial charge is 0.0558 e. The van der Waals surface area contributed by atoms with Gasteiger partial charge in [-0.15, -0.1) is 0 Å². The zero-order valence-corrected chi connectivity index (χ0v) is 13.5. The van der Waals surface area contributed by atoms with E-state index in [1.807, 2.05) is 0 Å². The second-order valence-electron chi connectivity index (χ2n) is 6.70. The summed E-state index contributed by atoms with van der Waals surface area (Å²) in [6, 6.07) is 0. The number of hydrogen-bond donors (Lipinski definition) is 2. The van der Waals surface area contributed by atoms with Crippen molar-refractivity contribution < 1.29 is 14.9 Å². The number of nitrogens with zero attached hydrogens (tertiary/aromatic N) is 2. The molecule has 2 N–H and O–H groups in total. The van der Waals surface area contributed by atoms with Crippen LogP contribution in [0.4, 0.5) is 0 Å². The van der Waals surface area contributed by atoms with Crippen molar-refractivity contribution in [3.8, 4) is 0 Å². The van der Waals surface area contributed by atoms with E-state index in [1.165, 1.54) is 19.3 Å². The Balaban J connectivity index is 1.84. The van der Waals surface area contributed by atoms with Gasteiger partial charge in [-0.2, -0.15) is 0 Å². The van der Waals surface area contributed by atoms with Gasteiger partial charge in [0, 0.05) is 45.9 Å². The van der Waals surface area contributed by atoms with Crippen molar-refractivity contribution in [1.29, 1.82) is 0 Å². The van der Waals surface area contributed by atoms with Crippen LogP contribution in [-0.4, -0.2) is 86.2 Å². The topological polar surface area (TPSA) is 56.2 Å². The molecular weight excluding hydrogens is 268 g/mol. The number of likely N-dealkylation sites (tertiary alicyclic amines) is 2. The normalized spacial score (nSPS) is 27.3. The van der Waals surface area contributed by atoms with Crippen LogP contribution in [-0.2, 0) is 4.74 Å². The van der Waals surface area contributed by atoms with Gasteiger partial charge < -0.3 is 24.7 Å². The Morgan fingerprint density at radius 2 is 1.71 bits per heavy atom. The number of β-amino-alcohol motifs (C(OH)–C–C–N with tert-alkyl or cyclic N) is 1. The molecule has 5 nitrogen and oxygen atoms in total. The van der Waals surface area contributed by atoms with E-state index in [4.69, 9.17) is 9.84 Å². The summed E-state index contributed by atoms with van der Waals surface area (Å²) in [5, 5.41) is 18.9. The van der Waals surface area contributed by atoms with E-state index in [9.17, 15) is 5.11 Å². The minimum atomic E-state index is 0.254. The van der Waals surface area contributed by atoms with Gasteiger partial charge in [-0.05, 0) is 50.7 Å². The van der Waals surface area contributed by atoms with Gasteiger partial charge in [0.2, 0.25) is 0 Å². The molecule has 0 aromatic heterocycles. The number of aliphatic hydroxyl groups is 2.